The van der Waals surface area contributed by atoms with Crippen LogP contribution in [0.25, 0.3) is 6.08 Å². The third-order valence-corrected chi connectivity index (χ3v) is 2.97. The molecule has 98 valence electrons. The summed E-state index contributed by atoms with van der Waals surface area (Å²) in [7, 11) is 0. The van der Waals surface area contributed by atoms with Crippen molar-refractivity contribution in [3.8, 4) is 6.07 Å². The van der Waals surface area contributed by atoms with Gasteiger partial charge in [-0.25, -0.2) is 0 Å². The van der Waals surface area contributed by atoms with E-state index in [1.807, 2.05) is 6.07 Å². The molecule has 1 aromatic rings. The van der Waals surface area contributed by atoms with Crippen molar-refractivity contribution in [1.82, 2.24) is 5.32 Å². The number of amides is 1. The zero-order chi connectivity index (χ0) is 13.5. The Bertz CT molecular complexity index is 511. The summed E-state index contributed by atoms with van der Waals surface area (Å²) in [5.74, 6) is -0.141. The van der Waals surface area contributed by atoms with Crippen molar-refractivity contribution >= 4 is 12.0 Å². The average Bonchev–Trinajstić information content (AvgIpc) is 2.96. The maximum atomic E-state index is 11.6. The van der Waals surface area contributed by atoms with Gasteiger partial charge >= 0.3 is 0 Å². The van der Waals surface area contributed by atoms with Crippen molar-refractivity contribution in [2.75, 3.05) is 13.2 Å². The van der Waals surface area contributed by atoms with Crippen LogP contribution in [0.4, 0.5) is 0 Å². The third-order valence-electron chi connectivity index (χ3n) is 2.97. The molecule has 2 rings (SSSR count). The Morgan fingerprint density at radius 3 is 3.21 bits per heavy atom. The van der Waals surface area contributed by atoms with E-state index in [9.17, 15) is 4.79 Å². The third kappa shape index (κ3) is 4.23. The maximum Gasteiger partial charge on any atom is 0.244 e. The highest BCUT2D eigenvalue weighted by Crippen LogP contribution is 2.10. The first kappa shape index (κ1) is 13.3. The Balaban J connectivity index is 1.83. The van der Waals surface area contributed by atoms with Crippen LogP contribution in [0, 0.1) is 11.3 Å². The van der Waals surface area contributed by atoms with Crippen molar-refractivity contribution < 1.29 is 9.53 Å². The van der Waals surface area contributed by atoms with Gasteiger partial charge in [0.25, 0.3) is 0 Å². The highest BCUT2D eigenvalue weighted by molar-refractivity contribution is 5.91. The number of ether oxygens (including phenoxy) is 1. The molecule has 1 N–H and O–H groups in total. The quantitative estimate of drug-likeness (QED) is 0.836. The molecule has 0 saturated carbocycles. The number of nitrogens with one attached hydrogen (secondary N) is 1. The minimum atomic E-state index is -0.141. The van der Waals surface area contributed by atoms with Crippen molar-refractivity contribution in [2.45, 2.75) is 18.9 Å². The summed E-state index contributed by atoms with van der Waals surface area (Å²) in [5.41, 5.74) is 1.42. The number of carbonyl (C=O) groups excluding carboxylic acids is 1. The fourth-order valence-corrected chi connectivity index (χ4v) is 1.96. The molecule has 4 heteroatoms. The Labute approximate surface area is 112 Å². The molecule has 0 aromatic heterocycles. The van der Waals surface area contributed by atoms with Gasteiger partial charge in [0.2, 0.25) is 5.91 Å². The molecule has 0 radical (unpaired) electrons. The molecular formula is C15H16N2O2. The Morgan fingerprint density at radius 1 is 1.58 bits per heavy atom. The Kier molecular flexibility index (Phi) is 4.71. The number of rotatable bonds is 4. The summed E-state index contributed by atoms with van der Waals surface area (Å²) in [6.07, 6.45) is 5.40. The summed E-state index contributed by atoms with van der Waals surface area (Å²) in [6.45, 7) is 1.35. The molecule has 1 fully saturated rings. The number of hydrogen-bond acceptors (Lipinski definition) is 3. The smallest absolute Gasteiger partial charge is 0.244 e. The standard InChI is InChI=1S/C15H16N2O2/c16-10-13-4-1-3-12(9-13)6-7-15(18)17-11-14-5-2-8-19-14/h1,3-4,6-7,9,14H,2,5,8,11H2,(H,17,18). The largest absolute Gasteiger partial charge is 0.376 e. The molecule has 4 nitrogen and oxygen atoms in total. The van der Waals surface area contributed by atoms with E-state index in [1.165, 1.54) is 6.08 Å². The second kappa shape index (κ2) is 6.72. The first-order valence-electron chi connectivity index (χ1n) is 6.35. The second-order valence-corrected chi connectivity index (χ2v) is 4.45. The molecular weight excluding hydrogens is 240 g/mol. The monoisotopic (exact) mass is 256 g/mol. The predicted molar refractivity (Wildman–Crippen MR) is 72.2 cm³/mol. The number of nitriles is 1. The van der Waals surface area contributed by atoms with Gasteiger partial charge in [0.15, 0.2) is 0 Å². The van der Waals surface area contributed by atoms with E-state index in [2.05, 4.69) is 11.4 Å². The van der Waals surface area contributed by atoms with Gasteiger partial charge in [-0.2, -0.15) is 5.26 Å². The first-order chi connectivity index (χ1) is 9.28. The van der Waals surface area contributed by atoms with Crippen molar-refractivity contribution in [3.05, 3.63) is 41.5 Å². The lowest BCUT2D eigenvalue weighted by molar-refractivity contribution is -0.116. The molecule has 1 heterocycles. The zero-order valence-electron chi connectivity index (χ0n) is 10.6. The van der Waals surface area contributed by atoms with Crippen LogP contribution in [-0.4, -0.2) is 25.2 Å². The van der Waals surface area contributed by atoms with Gasteiger partial charge in [-0.05, 0) is 36.6 Å². The summed E-state index contributed by atoms with van der Waals surface area (Å²) in [6, 6.07) is 9.18. The van der Waals surface area contributed by atoms with E-state index in [0.717, 1.165) is 25.0 Å². The van der Waals surface area contributed by atoms with E-state index < -0.39 is 0 Å². The lowest BCUT2D eigenvalue weighted by Gasteiger charge is -2.08. The summed E-state index contributed by atoms with van der Waals surface area (Å²) < 4.78 is 5.42. The SMILES string of the molecule is N#Cc1cccc(C=CC(=O)NCC2CCCO2)c1. The fraction of sp³-hybridized carbons (Fsp3) is 0.333. The van der Waals surface area contributed by atoms with E-state index in [-0.39, 0.29) is 12.0 Å². The zero-order valence-corrected chi connectivity index (χ0v) is 10.6. The van der Waals surface area contributed by atoms with Crippen LogP contribution < -0.4 is 5.32 Å². The van der Waals surface area contributed by atoms with Gasteiger partial charge < -0.3 is 10.1 Å². The molecule has 1 aromatic carbocycles. The van der Waals surface area contributed by atoms with Gasteiger partial charge in [0.05, 0.1) is 17.7 Å². The molecule has 19 heavy (non-hydrogen) atoms. The molecule has 0 spiro atoms. The van der Waals surface area contributed by atoms with E-state index in [1.54, 1.807) is 24.3 Å². The van der Waals surface area contributed by atoms with Crippen LogP contribution in [0.3, 0.4) is 0 Å². The highest BCUT2D eigenvalue weighted by Gasteiger charge is 2.15. The number of benzene rings is 1. The van der Waals surface area contributed by atoms with Gasteiger partial charge in [-0.1, -0.05) is 12.1 Å². The first-order valence-corrected chi connectivity index (χ1v) is 6.35. The molecule has 1 amide bonds. The molecule has 0 aliphatic carbocycles. The summed E-state index contributed by atoms with van der Waals surface area (Å²) >= 11 is 0. The molecule has 1 atom stereocenters. The molecule has 1 aliphatic heterocycles. The molecule has 0 bridgehead atoms. The van der Waals surface area contributed by atoms with Crippen LogP contribution >= 0.6 is 0 Å². The number of hydrogen-bond donors (Lipinski definition) is 1. The Hall–Kier alpha value is -2.12. The van der Waals surface area contributed by atoms with Crippen LogP contribution in [0.1, 0.15) is 24.0 Å². The van der Waals surface area contributed by atoms with Crippen LogP contribution in [0.15, 0.2) is 30.3 Å². The van der Waals surface area contributed by atoms with E-state index in [4.69, 9.17) is 10.00 Å². The fourth-order valence-electron chi connectivity index (χ4n) is 1.96. The van der Waals surface area contributed by atoms with Crippen molar-refractivity contribution in [3.63, 3.8) is 0 Å². The van der Waals surface area contributed by atoms with Gasteiger partial charge in [0.1, 0.15) is 0 Å². The van der Waals surface area contributed by atoms with Gasteiger partial charge in [-0.3, -0.25) is 4.79 Å². The normalized spacial score (nSPS) is 18.4. The molecule has 1 aliphatic rings. The van der Waals surface area contributed by atoms with Crippen molar-refractivity contribution in [1.29, 1.82) is 5.26 Å². The second-order valence-electron chi connectivity index (χ2n) is 4.45. The van der Waals surface area contributed by atoms with Crippen LogP contribution in [0.5, 0.6) is 0 Å². The minimum absolute atomic E-state index is 0.141. The van der Waals surface area contributed by atoms with E-state index in [0.29, 0.717) is 12.1 Å². The summed E-state index contributed by atoms with van der Waals surface area (Å²) in [4.78, 5) is 11.6. The lowest BCUT2D eigenvalue weighted by Crippen LogP contribution is -2.30. The summed E-state index contributed by atoms with van der Waals surface area (Å²) in [5, 5.41) is 11.6. The van der Waals surface area contributed by atoms with Crippen LogP contribution in [-0.2, 0) is 9.53 Å². The predicted octanol–water partition coefficient (Wildman–Crippen LogP) is 1.87. The van der Waals surface area contributed by atoms with E-state index >= 15 is 0 Å². The Morgan fingerprint density at radius 2 is 2.47 bits per heavy atom. The highest BCUT2D eigenvalue weighted by atomic mass is 16.5. The lowest BCUT2D eigenvalue weighted by atomic mass is 10.1. The van der Waals surface area contributed by atoms with Crippen molar-refractivity contribution in [2.24, 2.45) is 0 Å². The maximum absolute atomic E-state index is 11.6. The van der Waals surface area contributed by atoms with Crippen LogP contribution in [0.2, 0.25) is 0 Å². The number of carbonyl (C=O) groups is 1. The number of nitrogens with zero attached hydrogens (tertiary/aromatic N) is 1. The van der Waals surface area contributed by atoms with Gasteiger partial charge in [0, 0.05) is 19.2 Å². The topological polar surface area (TPSA) is 62.1 Å². The molecule has 1 saturated heterocycles. The van der Waals surface area contributed by atoms with Gasteiger partial charge in [-0.15, -0.1) is 0 Å². The minimum Gasteiger partial charge on any atom is -0.376 e. The molecule has 1 unspecified atom stereocenters. The average molecular weight is 256 g/mol.